The lowest BCUT2D eigenvalue weighted by molar-refractivity contribution is 0.485. The quantitative estimate of drug-likeness (QED) is 0.860. The van der Waals surface area contributed by atoms with Crippen molar-refractivity contribution in [2.24, 2.45) is 0 Å². The maximum absolute atomic E-state index is 12.4. The Hall–Kier alpha value is -1.75. The van der Waals surface area contributed by atoms with E-state index in [9.17, 15) is 17.2 Å². The van der Waals surface area contributed by atoms with E-state index in [0.717, 1.165) is 0 Å². The fraction of sp³-hybridized carbons (Fsp3) is 0.143. The zero-order valence-corrected chi connectivity index (χ0v) is 10.8. The van der Waals surface area contributed by atoms with Crippen LogP contribution in [0.25, 0.3) is 0 Å². The van der Waals surface area contributed by atoms with Gasteiger partial charge in [-0.2, -0.15) is 0 Å². The molecule has 0 aliphatic heterocycles. The molecule has 19 heavy (non-hydrogen) atoms. The van der Waals surface area contributed by atoms with Gasteiger partial charge in [-0.15, -0.1) is 0 Å². The van der Waals surface area contributed by atoms with Crippen molar-refractivity contribution in [3.05, 3.63) is 59.7 Å². The summed E-state index contributed by atoms with van der Waals surface area (Å²) in [5.41, 5.74) is 0.846. The second-order valence-corrected chi connectivity index (χ2v) is 6.01. The SMILES string of the molecule is O=S(=O)(c1ccc(CF)cc1)c1ccc(CF)cc1. The van der Waals surface area contributed by atoms with Gasteiger partial charge < -0.3 is 0 Å². The smallest absolute Gasteiger partial charge is 0.206 e. The van der Waals surface area contributed by atoms with E-state index in [0.29, 0.717) is 11.1 Å². The normalized spacial score (nSPS) is 11.5. The third-order valence-corrected chi connectivity index (χ3v) is 4.56. The summed E-state index contributed by atoms with van der Waals surface area (Å²) in [6.45, 7) is -1.27. The second-order valence-electron chi connectivity index (χ2n) is 4.06. The molecule has 0 saturated carbocycles. The van der Waals surface area contributed by atoms with E-state index >= 15 is 0 Å². The summed E-state index contributed by atoms with van der Waals surface area (Å²) in [5.74, 6) is 0. The number of halogens is 2. The van der Waals surface area contributed by atoms with Gasteiger partial charge in [0.1, 0.15) is 13.3 Å². The van der Waals surface area contributed by atoms with Gasteiger partial charge in [0, 0.05) is 0 Å². The van der Waals surface area contributed by atoms with Gasteiger partial charge in [0.2, 0.25) is 9.84 Å². The molecule has 0 spiro atoms. The Morgan fingerprint density at radius 2 is 1.00 bits per heavy atom. The van der Waals surface area contributed by atoms with E-state index in [1.165, 1.54) is 48.5 Å². The predicted molar refractivity (Wildman–Crippen MR) is 68.0 cm³/mol. The molecular weight excluding hydrogens is 270 g/mol. The van der Waals surface area contributed by atoms with Gasteiger partial charge in [0.25, 0.3) is 0 Å². The molecule has 2 aromatic carbocycles. The van der Waals surface area contributed by atoms with Gasteiger partial charge in [-0.05, 0) is 35.4 Å². The minimum atomic E-state index is -3.63. The van der Waals surface area contributed by atoms with Gasteiger partial charge >= 0.3 is 0 Å². The van der Waals surface area contributed by atoms with Crippen LogP contribution in [0.4, 0.5) is 8.78 Å². The fourth-order valence-corrected chi connectivity index (χ4v) is 2.91. The van der Waals surface area contributed by atoms with Gasteiger partial charge in [0.15, 0.2) is 0 Å². The molecule has 100 valence electrons. The monoisotopic (exact) mass is 282 g/mol. The number of rotatable bonds is 4. The molecule has 0 amide bonds. The summed E-state index contributed by atoms with van der Waals surface area (Å²) in [7, 11) is -3.63. The highest BCUT2D eigenvalue weighted by Gasteiger charge is 2.17. The molecule has 0 aliphatic carbocycles. The molecule has 2 rings (SSSR count). The van der Waals surface area contributed by atoms with Crippen LogP contribution in [0.2, 0.25) is 0 Å². The molecule has 0 atom stereocenters. The Balaban J connectivity index is 2.39. The van der Waals surface area contributed by atoms with Crippen LogP contribution in [0.15, 0.2) is 58.3 Å². The lowest BCUT2D eigenvalue weighted by Gasteiger charge is -2.05. The van der Waals surface area contributed by atoms with Gasteiger partial charge in [-0.1, -0.05) is 24.3 Å². The molecule has 0 bridgehead atoms. The number of alkyl halides is 2. The van der Waals surface area contributed by atoms with Crippen molar-refractivity contribution in [3.63, 3.8) is 0 Å². The Labute approximate surface area is 110 Å². The topological polar surface area (TPSA) is 34.1 Å². The van der Waals surface area contributed by atoms with Crippen molar-refractivity contribution >= 4 is 9.84 Å². The molecule has 0 unspecified atom stereocenters. The average molecular weight is 282 g/mol. The summed E-state index contributed by atoms with van der Waals surface area (Å²) in [6, 6.07) is 11.2. The Morgan fingerprint density at radius 1 is 0.684 bits per heavy atom. The molecule has 0 N–H and O–H groups in total. The lowest BCUT2D eigenvalue weighted by atomic mass is 10.2. The van der Waals surface area contributed by atoms with Crippen molar-refractivity contribution in [1.82, 2.24) is 0 Å². The summed E-state index contributed by atoms with van der Waals surface area (Å²) in [5, 5.41) is 0. The predicted octanol–water partition coefficient (Wildman–Crippen LogP) is 3.46. The first-order chi connectivity index (χ1) is 9.07. The highest BCUT2D eigenvalue weighted by molar-refractivity contribution is 7.91. The van der Waals surface area contributed by atoms with Crippen LogP contribution >= 0.6 is 0 Å². The first kappa shape index (κ1) is 13.7. The highest BCUT2D eigenvalue weighted by Crippen LogP contribution is 2.22. The lowest BCUT2D eigenvalue weighted by Crippen LogP contribution is -2.02. The Bertz CT molecular complexity index is 593. The van der Waals surface area contributed by atoms with E-state index in [1.54, 1.807) is 0 Å². The molecule has 0 saturated heterocycles. The van der Waals surface area contributed by atoms with E-state index in [4.69, 9.17) is 0 Å². The zero-order chi connectivity index (χ0) is 13.9. The van der Waals surface area contributed by atoms with Gasteiger partial charge in [-0.3, -0.25) is 0 Å². The van der Waals surface area contributed by atoms with Gasteiger partial charge in [0.05, 0.1) is 9.79 Å². The third kappa shape index (κ3) is 2.81. The summed E-state index contributed by atoms with van der Waals surface area (Å²) >= 11 is 0. The van der Waals surface area contributed by atoms with E-state index in [1.807, 2.05) is 0 Å². The van der Waals surface area contributed by atoms with Crippen LogP contribution in [0.5, 0.6) is 0 Å². The maximum atomic E-state index is 12.4. The minimum absolute atomic E-state index is 0.0951. The van der Waals surface area contributed by atoms with Crippen LogP contribution < -0.4 is 0 Å². The molecule has 0 fully saturated rings. The van der Waals surface area contributed by atoms with Crippen LogP contribution in [-0.2, 0) is 23.2 Å². The third-order valence-electron chi connectivity index (χ3n) is 2.78. The van der Waals surface area contributed by atoms with E-state index in [2.05, 4.69) is 0 Å². The van der Waals surface area contributed by atoms with Crippen LogP contribution in [0.3, 0.4) is 0 Å². The number of sulfone groups is 1. The summed E-state index contributed by atoms with van der Waals surface area (Å²) in [4.78, 5) is 0.190. The molecule has 0 heterocycles. The van der Waals surface area contributed by atoms with Crippen molar-refractivity contribution in [2.45, 2.75) is 23.1 Å². The maximum Gasteiger partial charge on any atom is 0.206 e. The van der Waals surface area contributed by atoms with E-state index in [-0.39, 0.29) is 9.79 Å². The molecule has 2 nitrogen and oxygen atoms in total. The first-order valence-corrected chi connectivity index (χ1v) is 7.11. The molecule has 5 heteroatoms. The standard InChI is InChI=1S/C14H12F2O2S/c15-9-11-1-5-13(6-2-11)19(17,18)14-7-3-12(10-16)4-8-14/h1-8H,9-10H2. The Kier molecular flexibility index (Phi) is 3.95. The fourth-order valence-electron chi connectivity index (χ4n) is 1.65. The van der Waals surface area contributed by atoms with E-state index < -0.39 is 23.2 Å². The molecular formula is C14H12F2O2S. The van der Waals surface area contributed by atoms with Crippen molar-refractivity contribution in [2.75, 3.05) is 0 Å². The van der Waals surface area contributed by atoms with Crippen molar-refractivity contribution < 1.29 is 17.2 Å². The van der Waals surface area contributed by atoms with Crippen molar-refractivity contribution in [1.29, 1.82) is 0 Å². The second kappa shape index (κ2) is 5.48. The van der Waals surface area contributed by atoms with Crippen LogP contribution in [0, 0.1) is 0 Å². The van der Waals surface area contributed by atoms with Crippen LogP contribution in [0.1, 0.15) is 11.1 Å². The molecule has 0 radical (unpaired) electrons. The average Bonchev–Trinajstić information content (AvgIpc) is 2.47. The summed E-state index contributed by atoms with van der Waals surface area (Å²) < 4.78 is 49.2. The largest absolute Gasteiger partial charge is 0.246 e. The Morgan fingerprint density at radius 3 is 1.26 bits per heavy atom. The summed E-state index contributed by atoms with van der Waals surface area (Å²) in [6.07, 6.45) is 0. The number of benzene rings is 2. The highest BCUT2D eigenvalue weighted by atomic mass is 32.2. The molecule has 0 aromatic heterocycles. The zero-order valence-electron chi connectivity index (χ0n) is 10.0. The molecule has 2 aromatic rings. The minimum Gasteiger partial charge on any atom is -0.246 e. The number of hydrogen-bond donors (Lipinski definition) is 0. The van der Waals surface area contributed by atoms with Crippen molar-refractivity contribution in [3.8, 4) is 0 Å². The molecule has 0 aliphatic rings. The van der Waals surface area contributed by atoms with Gasteiger partial charge in [-0.25, -0.2) is 17.2 Å². The first-order valence-electron chi connectivity index (χ1n) is 5.63. The number of hydrogen-bond acceptors (Lipinski definition) is 2. The van der Waals surface area contributed by atoms with Crippen LogP contribution in [-0.4, -0.2) is 8.42 Å².